The summed E-state index contributed by atoms with van der Waals surface area (Å²) in [6.07, 6.45) is 2.66. The Balaban J connectivity index is 1.97. The van der Waals surface area contributed by atoms with Gasteiger partial charge >= 0.3 is 5.97 Å². The first-order valence-electron chi connectivity index (χ1n) is 7.97. The average molecular weight is 303 g/mol. The highest BCUT2D eigenvalue weighted by Gasteiger charge is 2.37. The fourth-order valence-corrected chi connectivity index (χ4v) is 3.21. The lowest BCUT2D eigenvalue weighted by Crippen LogP contribution is -2.35. The Morgan fingerprint density at radius 1 is 1.32 bits per heavy atom. The second-order valence-corrected chi connectivity index (χ2v) is 6.58. The van der Waals surface area contributed by atoms with Crippen molar-refractivity contribution in [3.63, 3.8) is 0 Å². The van der Waals surface area contributed by atoms with Gasteiger partial charge in [0, 0.05) is 5.92 Å². The van der Waals surface area contributed by atoms with E-state index >= 15 is 0 Å². The van der Waals surface area contributed by atoms with Crippen LogP contribution in [-0.4, -0.2) is 24.4 Å². The fourth-order valence-electron chi connectivity index (χ4n) is 3.21. The number of nitrogens with two attached hydrogens (primary N) is 1. The van der Waals surface area contributed by atoms with Crippen LogP contribution in [0.15, 0.2) is 30.3 Å². The van der Waals surface area contributed by atoms with E-state index in [-0.39, 0.29) is 23.9 Å². The number of ether oxygens (including phenoxy) is 1. The molecule has 120 valence electrons. The lowest BCUT2D eigenvalue weighted by Gasteiger charge is -2.17. The van der Waals surface area contributed by atoms with Crippen molar-refractivity contribution in [2.75, 3.05) is 0 Å². The van der Waals surface area contributed by atoms with E-state index in [4.69, 9.17) is 10.5 Å². The number of rotatable bonds is 6. The smallest absolute Gasteiger partial charge is 0.323 e. The summed E-state index contributed by atoms with van der Waals surface area (Å²) in [5.74, 6) is 0.0299. The third-order valence-electron chi connectivity index (χ3n) is 4.28. The molecule has 1 aliphatic carbocycles. The van der Waals surface area contributed by atoms with Gasteiger partial charge in [0.1, 0.15) is 18.4 Å². The summed E-state index contributed by atoms with van der Waals surface area (Å²) in [4.78, 5) is 23.4. The van der Waals surface area contributed by atoms with Crippen molar-refractivity contribution >= 4 is 12.3 Å². The van der Waals surface area contributed by atoms with Crippen LogP contribution in [0.2, 0.25) is 0 Å². The standard InChI is InChI=1S/C18H25NO3/c1-12(2)8-17(19)18(21)22-15-9-14(11-20)16(10-15)13-6-4-3-5-7-13/h3-7,11-12,14-17H,8-10,19H2,1-2H3/t14-,15+,16-,17-/m1/s1. The maximum Gasteiger partial charge on any atom is 0.323 e. The molecule has 22 heavy (non-hydrogen) atoms. The Labute approximate surface area is 132 Å². The van der Waals surface area contributed by atoms with Gasteiger partial charge in [-0.25, -0.2) is 0 Å². The van der Waals surface area contributed by atoms with Gasteiger partial charge < -0.3 is 15.3 Å². The molecule has 0 heterocycles. The Morgan fingerprint density at radius 3 is 2.59 bits per heavy atom. The second kappa shape index (κ2) is 7.54. The summed E-state index contributed by atoms with van der Waals surface area (Å²) in [6.45, 7) is 4.05. The minimum absolute atomic E-state index is 0.0958. The van der Waals surface area contributed by atoms with E-state index in [1.807, 2.05) is 44.2 Å². The van der Waals surface area contributed by atoms with Gasteiger partial charge in [-0.3, -0.25) is 4.79 Å². The molecule has 1 aliphatic rings. The lowest BCUT2D eigenvalue weighted by atomic mass is 9.90. The third-order valence-corrected chi connectivity index (χ3v) is 4.28. The molecule has 0 spiro atoms. The van der Waals surface area contributed by atoms with Gasteiger partial charge in [0.25, 0.3) is 0 Å². The molecule has 0 aromatic heterocycles. The van der Waals surface area contributed by atoms with Crippen molar-refractivity contribution in [3.05, 3.63) is 35.9 Å². The Morgan fingerprint density at radius 2 is 2.00 bits per heavy atom. The van der Waals surface area contributed by atoms with E-state index in [0.29, 0.717) is 25.2 Å². The highest BCUT2D eigenvalue weighted by atomic mass is 16.5. The number of hydrogen-bond donors (Lipinski definition) is 1. The average Bonchev–Trinajstić information content (AvgIpc) is 2.90. The molecule has 1 fully saturated rings. The zero-order valence-corrected chi connectivity index (χ0v) is 13.3. The van der Waals surface area contributed by atoms with E-state index in [9.17, 15) is 9.59 Å². The monoisotopic (exact) mass is 303 g/mol. The Kier molecular flexibility index (Phi) is 5.72. The van der Waals surface area contributed by atoms with Gasteiger partial charge in [-0.2, -0.15) is 0 Å². The molecule has 0 amide bonds. The zero-order chi connectivity index (χ0) is 16.1. The molecule has 0 unspecified atom stereocenters. The van der Waals surface area contributed by atoms with Crippen LogP contribution in [0.25, 0.3) is 0 Å². The Hall–Kier alpha value is -1.68. The summed E-state index contributed by atoms with van der Waals surface area (Å²) >= 11 is 0. The first-order chi connectivity index (χ1) is 10.5. The molecule has 0 radical (unpaired) electrons. The molecule has 0 aliphatic heterocycles. The molecule has 4 atom stereocenters. The number of esters is 1. The summed E-state index contributed by atoms with van der Waals surface area (Å²) in [5, 5.41) is 0. The first kappa shape index (κ1) is 16.7. The molecular weight excluding hydrogens is 278 g/mol. The van der Waals surface area contributed by atoms with E-state index in [1.54, 1.807) is 0 Å². The van der Waals surface area contributed by atoms with Crippen molar-refractivity contribution in [3.8, 4) is 0 Å². The van der Waals surface area contributed by atoms with Crippen LogP contribution in [0.3, 0.4) is 0 Å². The summed E-state index contributed by atoms with van der Waals surface area (Å²) in [6, 6.07) is 9.36. The van der Waals surface area contributed by atoms with Crippen molar-refractivity contribution in [1.29, 1.82) is 0 Å². The molecule has 1 aromatic carbocycles. The maximum absolute atomic E-state index is 12.0. The highest BCUT2D eigenvalue weighted by Crippen LogP contribution is 2.40. The van der Waals surface area contributed by atoms with Gasteiger partial charge in [0.2, 0.25) is 0 Å². The molecule has 2 rings (SSSR count). The largest absolute Gasteiger partial charge is 0.461 e. The summed E-state index contributed by atoms with van der Waals surface area (Å²) in [7, 11) is 0. The lowest BCUT2D eigenvalue weighted by molar-refractivity contribution is -0.151. The van der Waals surface area contributed by atoms with E-state index < -0.39 is 6.04 Å². The normalized spacial score (nSPS) is 25.9. The fraction of sp³-hybridized carbons (Fsp3) is 0.556. The second-order valence-electron chi connectivity index (χ2n) is 6.58. The number of carbonyl (C=O) groups excluding carboxylic acids is 2. The van der Waals surface area contributed by atoms with Crippen LogP contribution in [0.4, 0.5) is 0 Å². The van der Waals surface area contributed by atoms with Crippen molar-refractivity contribution < 1.29 is 14.3 Å². The van der Waals surface area contributed by atoms with E-state index in [1.165, 1.54) is 0 Å². The molecule has 0 bridgehead atoms. The molecule has 4 nitrogen and oxygen atoms in total. The van der Waals surface area contributed by atoms with Crippen molar-refractivity contribution in [1.82, 2.24) is 0 Å². The van der Waals surface area contributed by atoms with Gasteiger partial charge in [0.05, 0.1) is 0 Å². The van der Waals surface area contributed by atoms with E-state index in [2.05, 4.69) is 0 Å². The predicted octanol–water partition coefficient (Wildman–Crippen LogP) is 2.66. The van der Waals surface area contributed by atoms with Crippen LogP contribution >= 0.6 is 0 Å². The quantitative estimate of drug-likeness (QED) is 0.648. The molecule has 1 saturated carbocycles. The van der Waals surface area contributed by atoms with Crippen LogP contribution in [0, 0.1) is 11.8 Å². The number of hydrogen-bond acceptors (Lipinski definition) is 4. The molecular formula is C18H25NO3. The first-order valence-corrected chi connectivity index (χ1v) is 7.97. The minimum Gasteiger partial charge on any atom is -0.461 e. The molecule has 0 saturated heterocycles. The van der Waals surface area contributed by atoms with Crippen molar-refractivity contribution in [2.24, 2.45) is 17.6 Å². The van der Waals surface area contributed by atoms with Gasteiger partial charge in [0.15, 0.2) is 0 Å². The van der Waals surface area contributed by atoms with Crippen LogP contribution in [-0.2, 0) is 14.3 Å². The van der Waals surface area contributed by atoms with Crippen LogP contribution < -0.4 is 5.73 Å². The zero-order valence-electron chi connectivity index (χ0n) is 13.3. The van der Waals surface area contributed by atoms with Gasteiger partial charge in [-0.1, -0.05) is 44.2 Å². The van der Waals surface area contributed by atoms with Gasteiger partial charge in [-0.15, -0.1) is 0 Å². The number of aldehydes is 1. The highest BCUT2D eigenvalue weighted by molar-refractivity contribution is 5.75. The van der Waals surface area contributed by atoms with Crippen LogP contribution in [0.5, 0.6) is 0 Å². The van der Waals surface area contributed by atoms with Gasteiger partial charge in [-0.05, 0) is 36.7 Å². The summed E-state index contributed by atoms with van der Waals surface area (Å²) in [5.41, 5.74) is 6.99. The predicted molar refractivity (Wildman–Crippen MR) is 85.3 cm³/mol. The summed E-state index contributed by atoms with van der Waals surface area (Å²) < 4.78 is 5.53. The molecule has 2 N–H and O–H groups in total. The minimum atomic E-state index is -0.578. The molecule has 1 aromatic rings. The molecule has 4 heteroatoms. The van der Waals surface area contributed by atoms with E-state index in [0.717, 1.165) is 11.8 Å². The maximum atomic E-state index is 12.0. The van der Waals surface area contributed by atoms with Crippen molar-refractivity contribution in [2.45, 2.75) is 51.2 Å². The topological polar surface area (TPSA) is 69.4 Å². The SMILES string of the molecule is CC(C)C[C@@H](N)C(=O)O[C@@H]1C[C@H](c2ccccc2)[C@@H](C=O)C1. The Bertz CT molecular complexity index is 500. The number of carbonyl (C=O) groups is 2. The number of benzene rings is 1. The van der Waals surface area contributed by atoms with Crippen LogP contribution in [0.1, 0.15) is 44.6 Å². The third kappa shape index (κ3) is 4.17.